The van der Waals surface area contributed by atoms with E-state index in [0.717, 1.165) is 0 Å². The lowest BCUT2D eigenvalue weighted by atomic mass is 10.2. The Morgan fingerprint density at radius 1 is 1.50 bits per heavy atom. The molecule has 0 fully saturated rings. The van der Waals surface area contributed by atoms with Gasteiger partial charge in [0.05, 0.1) is 0 Å². The molecule has 0 atom stereocenters. The molecular formula is C12H16N2O4. The van der Waals surface area contributed by atoms with E-state index in [4.69, 9.17) is 9.84 Å². The van der Waals surface area contributed by atoms with E-state index in [1.54, 1.807) is 6.07 Å². The van der Waals surface area contributed by atoms with Gasteiger partial charge in [0.25, 0.3) is 0 Å². The van der Waals surface area contributed by atoms with E-state index in [2.05, 4.69) is 10.3 Å². The quantitative estimate of drug-likeness (QED) is 0.718. The summed E-state index contributed by atoms with van der Waals surface area (Å²) in [6, 6.07) is 2.87. The molecule has 0 saturated carbocycles. The number of nitrogens with one attached hydrogen (secondary N) is 1. The first kappa shape index (κ1) is 14.1. The minimum atomic E-state index is -1.12. The number of nitrogens with zero attached hydrogens (tertiary/aromatic N) is 1. The zero-order valence-electron chi connectivity index (χ0n) is 10.2. The third-order valence-electron chi connectivity index (χ3n) is 2.16. The summed E-state index contributed by atoms with van der Waals surface area (Å²) in [7, 11) is 0. The molecule has 0 aliphatic heterocycles. The Morgan fingerprint density at radius 3 is 2.94 bits per heavy atom. The molecule has 6 nitrogen and oxygen atoms in total. The maximum Gasteiger partial charge on any atom is 0.354 e. The summed E-state index contributed by atoms with van der Waals surface area (Å²) in [6.07, 6.45) is 2.32. The van der Waals surface area contributed by atoms with Crippen LogP contribution in [0, 0.1) is 0 Å². The number of carboxylic acid groups (broad SMARTS) is 1. The van der Waals surface area contributed by atoms with Crippen molar-refractivity contribution in [3.8, 4) is 0 Å². The number of carboxylic acids is 1. The number of anilines is 1. The molecule has 1 aromatic rings. The van der Waals surface area contributed by atoms with Crippen LogP contribution in [0.25, 0.3) is 0 Å². The zero-order chi connectivity index (χ0) is 13.4. The van der Waals surface area contributed by atoms with Crippen molar-refractivity contribution in [3.05, 3.63) is 24.0 Å². The highest BCUT2D eigenvalue weighted by atomic mass is 16.5. The summed E-state index contributed by atoms with van der Waals surface area (Å²) in [4.78, 5) is 25.9. The van der Waals surface area contributed by atoms with E-state index in [0.29, 0.717) is 31.7 Å². The highest BCUT2D eigenvalue weighted by Crippen LogP contribution is 2.08. The number of carbonyl (C=O) groups excluding carboxylic acids is 1. The molecule has 2 N–H and O–H groups in total. The Morgan fingerprint density at radius 2 is 2.28 bits per heavy atom. The van der Waals surface area contributed by atoms with Crippen LogP contribution in [0.2, 0.25) is 0 Å². The molecular weight excluding hydrogens is 236 g/mol. The number of ether oxygens (including phenoxy) is 1. The Labute approximate surface area is 105 Å². The van der Waals surface area contributed by atoms with E-state index >= 15 is 0 Å². The monoisotopic (exact) mass is 252 g/mol. The molecule has 1 amide bonds. The molecule has 0 aromatic carbocycles. The van der Waals surface area contributed by atoms with Crippen LogP contribution in [-0.4, -0.2) is 35.2 Å². The van der Waals surface area contributed by atoms with Crippen molar-refractivity contribution in [2.75, 3.05) is 18.5 Å². The first-order valence-electron chi connectivity index (χ1n) is 5.70. The maximum atomic E-state index is 11.5. The third-order valence-corrected chi connectivity index (χ3v) is 2.16. The number of pyridine rings is 1. The summed E-state index contributed by atoms with van der Waals surface area (Å²) in [6.45, 7) is 3.07. The number of aromatic nitrogens is 1. The summed E-state index contributed by atoms with van der Waals surface area (Å²) in [5, 5.41) is 11.4. The molecule has 0 unspecified atom stereocenters. The largest absolute Gasteiger partial charge is 0.477 e. The Hall–Kier alpha value is -1.95. The number of hydrogen-bond acceptors (Lipinski definition) is 4. The Kier molecular flexibility index (Phi) is 5.79. The van der Waals surface area contributed by atoms with Crippen LogP contribution in [0.15, 0.2) is 18.3 Å². The van der Waals surface area contributed by atoms with Gasteiger partial charge < -0.3 is 15.2 Å². The summed E-state index contributed by atoms with van der Waals surface area (Å²) in [5.41, 5.74) is 0.339. The van der Waals surface area contributed by atoms with Crippen molar-refractivity contribution in [1.82, 2.24) is 4.98 Å². The van der Waals surface area contributed by atoms with Gasteiger partial charge in [-0.2, -0.15) is 0 Å². The van der Waals surface area contributed by atoms with E-state index < -0.39 is 5.97 Å². The number of hydrogen-bond donors (Lipinski definition) is 2. The van der Waals surface area contributed by atoms with Gasteiger partial charge in [-0.15, -0.1) is 0 Å². The minimum absolute atomic E-state index is 0.0953. The zero-order valence-corrected chi connectivity index (χ0v) is 10.2. The van der Waals surface area contributed by atoms with Gasteiger partial charge in [-0.1, -0.05) is 0 Å². The Balaban J connectivity index is 2.44. The predicted octanol–water partition coefficient (Wildman–Crippen LogP) is 1.54. The molecule has 18 heavy (non-hydrogen) atoms. The summed E-state index contributed by atoms with van der Waals surface area (Å²) >= 11 is 0. The highest BCUT2D eigenvalue weighted by molar-refractivity contribution is 5.92. The molecule has 1 rings (SSSR count). The fourth-order valence-corrected chi connectivity index (χ4v) is 1.33. The maximum absolute atomic E-state index is 11.5. The van der Waals surface area contributed by atoms with Gasteiger partial charge >= 0.3 is 5.97 Å². The molecule has 1 heterocycles. The smallest absolute Gasteiger partial charge is 0.354 e. The lowest BCUT2D eigenvalue weighted by Crippen LogP contribution is -2.13. The van der Waals surface area contributed by atoms with Gasteiger partial charge in [0.15, 0.2) is 0 Å². The lowest BCUT2D eigenvalue weighted by Gasteiger charge is -2.05. The third kappa shape index (κ3) is 4.92. The second kappa shape index (κ2) is 7.39. The van der Waals surface area contributed by atoms with Crippen LogP contribution in [-0.2, 0) is 9.53 Å². The van der Waals surface area contributed by atoms with Crippen LogP contribution in [0.3, 0.4) is 0 Å². The second-order valence-corrected chi connectivity index (χ2v) is 3.58. The molecule has 1 aromatic heterocycles. The fourth-order valence-electron chi connectivity index (χ4n) is 1.33. The van der Waals surface area contributed by atoms with E-state index in [9.17, 15) is 9.59 Å². The number of rotatable bonds is 7. The van der Waals surface area contributed by atoms with Crippen LogP contribution >= 0.6 is 0 Å². The molecule has 0 spiro atoms. The first-order valence-corrected chi connectivity index (χ1v) is 5.70. The average Bonchev–Trinajstić information content (AvgIpc) is 2.35. The van der Waals surface area contributed by atoms with Gasteiger partial charge in [-0.05, 0) is 25.5 Å². The molecule has 0 aliphatic rings. The SMILES string of the molecule is CCOCCCC(=O)Nc1ccnc(C(=O)O)c1. The normalized spacial score (nSPS) is 10.1. The van der Waals surface area contributed by atoms with Gasteiger partial charge in [-0.25, -0.2) is 9.78 Å². The van der Waals surface area contributed by atoms with Crippen molar-refractivity contribution in [2.24, 2.45) is 0 Å². The minimum Gasteiger partial charge on any atom is -0.477 e. The van der Waals surface area contributed by atoms with Gasteiger partial charge in [0, 0.05) is 31.5 Å². The van der Waals surface area contributed by atoms with Crippen molar-refractivity contribution in [2.45, 2.75) is 19.8 Å². The van der Waals surface area contributed by atoms with E-state index in [1.165, 1.54) is 12.3 Å². The van der Waals surface area contributed by atoms with Crippen molar-refractivity contribution in [3.63, 3.8) is 0 Å². The Bertz CT molecular complexity index is 420. The van der Waals surface area contributed by atoms with Crippen LogP contribution in [0.4, 0.5) is 5.69 Å². The summed E-state index contributed by atoms with van der Waals surface area (Å²) in [5.74, 6) is -1.29. The van der Waals surface area contributed by atoms with Gasteiger partial charge in [-0.3, -0.25) is 4.79 Å². The van der Waals surface area contributed by atoms with Crippen molar-refractivity contribution in [1.29, 1.82) is 0 Å². The number of aromatic carboxylic acids is 1. The first-order chi connectivity index (χ1) is 8.63. The fraction of sp³-hybridized carbons (Fsp3) is 0.417. The standard InChI is InChI=1S/C12H16N2O4/c1-2-18-7-3-4-11(15)14-9-5-6-13-10(8-9)12(16)17/h5-6,8H,2-4,7H2,1H3,(H,16,17)(H,13,14,15). The highest BCUT2D eigenvalue weighted by Gasteiger charge is 2.07. The van der Waals surface area contributed by atoms with E-state index in [1.807, 2.05) is 6.92 Å². The van der Waals surface area contributed by atoms with E-state index in [-0.39, 0.29) is 11.6 Å². The number of carbonyl (C=O) groups is 2. The topological polar surface area (TPSA) is 88.5 Å². The summed E-state index contributed by atoms with van der Waals surface area (Å²) < 4.78 is 5.12. The lowest BCUT2D eigenvalue weighted by molar-refractivity contribution is -0.116. The van der Waals surface area contributed by atoms with Crippen molar-refractivity contribution >= 4 is 17.6 Å². The number of amides is 1. The molecule has 6 heteroatoms. The van der Waals surface area contributed by atoms with Crippen LogP contribution < -0.4 is 5.32 Å². The second-order valence-electron chi connectivity index (χ2n) is 3.58. The molecule has 0 radical (unpaired) electrons. The molecule has 0 aliphatic carbocycles. The molecule has 0 bridgehead atoms. The molecule has 0 saturated heterocycles. The van der Waals surface area contributed by atoms with Gasteiger partial charge in [0.2, 0.25) is 5.91 Å². The predicted molar refractivity (Wildman–Crippen MR) is 65.6 cm³/mol. The van der Waals surface area contributed by atoms with Crippen LogP contribution in [0.5, 0.6) is 0 Å². The van der Waals surface area contributed by atoms with Gasteiger partial charge in [0.1, 0.15) is 5.69 Å². The van der Waals surface area contributed by atoms with Crippen molar-refractivity contribution < 1.29 is 19.4 Å². The average molecular weight is 252 g/mol. The van der Waals surface area contributed by atoms with Crippen LogP contribution in [0.1, 0.15) is 30.3 Å². The molecule has 98 valence electrons.